The molecule has 0 aliphatic rings. The van der Waals surface area contributed by atoms with Crippen LogP contribution in [0.5, 0.6) is 0 Å². The molecule has 0 aromatic carbocycles. The van der Waals surface area contributed by atoms with Crippen LogP contribution in [0.4, 0.5) is 4.79 Å². The van der Waals surface area contributed by atoms with Gasteiger partial charge in [0.25, 0.3) is 0 Å². The molecule has 13 heavy (non-hydrogen) atoms. The summed E-state index contributed by atoms with van der Waals surface area (Å²) in [5.41, 5.74) is 0. The Morgan fingerprint density at radius 2 is 2.00 bits per heavy atom. The van der Waals surface area contributed by atoms with E-state index in [4.69, 9.17) is 0 Å². The molecule has 0 saturated carbocycles. The third-order valence-electron chi connectivity index (χ3n) is 1.53. The van der Waals surface area contributed by atoms with Crippen LogP contribution in [0, 0.1) is 0 Å². The monoisotopic (exact) mass is 251 g/mol. The van der Waals surface area contributed by atoms with Gasteiger partial charge in [-0.25, -0.2) is 4.79 Å². The maximum absolute atomic E-state index is 11.1. The molecular weight excluding hydrogens is 238 g/mol. The van der Waals surface area contributed by atoms with Crippen molar-refractivity contribution < 1.29 is 14.3 Å². The molecule has 0 aliphatic heterocycles. The highest BCUT2D eigenvalue weighted by molar-refractivity contribution is 9.09. The van der Waals surface area contributed by atoms with E-state index in [0.29, 0.717) is 0 Å². The molecule has 0 spiro atoms. The minimum atomic E-state index is -0.468. The number of nitrogens with zero attached hydrogens (tertiary/aromatic N) is 1. The van der Waals surface area contributed by atoms with E-state index >= 15 is 0 Å². The van der Waals surface area contributed by atoms with Gasteiger partial charge in [-0.1, -0.05) is 15.9 Å². The van der Waals surface area contributed by atoms with Crippen LogP contribution >= 0.6 is 15.9 Å². The van der Waals surface area contributed by atoms with Gasteiger partial charge >= 0.3 is 6.09 Å². The van der Waals surface area contributed by atoms with Crippen molar-refractivity contribution in [1.82, 2.24) is 4.90 Å². The molecule has 0 unspecified atom stereocenters. The van der Waals surface area contributed by atoms with Crippen molar-refractivity contribution in [3.63, 3.8) is 0 Å². The predicted octanol–water partition coefficient (Wildman–Crippen LogP) is 1.43. The van der Waals surface area contributed by atoms with Crippen molar-refractivity contribution in [2.24, 2.45) is 0 Å². The fraction of sp³-hybridized carbons (Fsp3) is 0.750. The van der Waals surface area contributed by atoms with Crippen LogP contribution in [-0.4, -0.2) is 41.8 Å². The summed E-state index contributed by atoms with van der Waals surface area (Å²) in [6, 6.07) is -0.0320. The first-order valence-electron chi connectivity index (χ1n) is 3.95. The standard InChI is InChI=1S/C8H14BrNO3/c1-6(2)10(8(12)13-3)5-7(11)4-9/h6H,4-5H2,1-3H3. The average molecular weight is 252 g/mol. The Morgan fingerprint density at radius 1 is 1.46 bits per heavy atom. The zero-order valence-electron chi connectivity index (χ0n) is 8.04. The average Bonchev–Trinajstić information content (AvgIpc) is 2.11. The molecule has 0 radical (unpaired) electrons. The van der Waals surface area contributed by atoms with Gasteiger partial charge in [-0.15, -0.1) is 0 Å². The molecule has 0 saturated heterocycles. The highest BCUT2D eigenvalue weighted by Crippen LogP contribution is 2.01. The van der Waals surface area contributed by atoms with Crippen LogP contribution in [0.25, 0.3) is 0 Å². The predicted molar refractivity (Wildman–Crippen MR) is 53.0 cm³/mol. The third-order valence-corrected chi connectivity index (χ3v) is 2.15. The molecule has 76 valence electrons. The Balaban J connectivity index is 4.26. The van der Waals surface area contributed by atoms with E-state index in [1.807, 2.05) is 13.8 Å². The highest BCUT2D eigenvalue weighted by atomic mass is 79.9. The number of methoxy groups -OCH3 is 1. The lowest BCUT2D eigenvalue weighted by Crippen LogP contribution is -2.40. The number of carbonyl (C=O) groups excluding carboxylic acids is 2. The number of amides is 1. The molecule has 1 amide bonds. The van der Waals surface area contributed by atoms with Gasteiger partial charge in [0.05, 0.1) is 19.0 Å². The van der Waals surface area contributed by atoms with Crippen LogP contribution in [0.15, 0.2) is 0 Å². The van der Waals surface area contributed by atoms with Gasteiger partial charge in [0, 0.05) is 6.04 Å². The Labute approximate surface area is 86.4 Å². The van der Waals surface area contributed by atoms with Crippen LogP contribution in [0.2, 0.25) is 0 Å². The van der Waals surface area contributed by atoms with Crippen molar-refractivity contribution in [2.45, 2.75) is 19.9 Å². The summed E-state index contributed by atoms with van der Waals surface area (Å²) in [5, 5.41) is 0.257. The molecular formula is C8H14BrNO3. The summed E-state index contributed by atoms with van der Waals surface area (Å²) in [4.78, 5) is 23.6. The number of ketones is 1. The SMILES string of the molecule is COC(=O)N(CC(=O)CBr)C(C)C. The molecule has 0 atom stereocenters. The molecule has 4 nitrogen and oxygen atoms in total. The van der Waals surface area contributed by atoms with E-state index in [9.17, 15) is 9.59 Å². The van der Waals surface area contributed by atoms with Gasteiger partial charge in [-0.3, -0.25) is 9.69 Å². The lowest BCUT2D eigenvalue weighted by Gasteiger charge is -2.23. The van der Waals surface area contributed by atoms with Crippen LogP contribution in [-0.2, 0) is 9.53 Å². The second-order valence-corrected chi connectivity index (χ2v) is 3.42. The number of rotatable bonds is 4. The molecule has 0 N–H and O–H groups in total. The molecule has 0 aromatic heterocycles. The maximum Gasteiger partial charge on any atom is 0.410 e. The molecule has 0 fully saturated rings. The quantitative estimate of drug-likeness (QED) is 0.711. The van der Waals surface area contributed by atoms with Crippen molar-refractivity contribution in [3.05, 3.63) is 0 Å². The molecule has 0 heterocycles. The third kappa shape index (κ3) is 4.26. The number of alkyl halides is 1. The first-order chi connectivity index (χ1) is 6.02. The zero-order chi connectivity index (χ0) is 10.4. The molecule has 0 aromatic rings. The first-order valence-corrected chi connectivity index (χ1v) is 5.07. The molecule has 0 aliphatic carbocycles. The normalized spacial score (nSPS) is 9.92. The smallest absolute Gasteiger partial charge is 0.410 e. The number of ether oxygens (including phenoxy) is 1. The lowest BCUT2D eigenvalue weighted by molar-refractivity contribution is -0.117. The van der Waals surface area contributed by atoms with Crippen molar-refractivity contribution in [3.8, 4) is 0 Å². The topological polar surface area (TPSA) is 46.6 Å². The van der Waals surface area contributed by atoms with E-state index < -0.39 is 6.09 Å². The summed E-state index contributed by atoms with van der Waals surface area (Å²) in [6.07, 6.45) is -0.468. The van der Waals surface area contributed by atoms with Crippen molar-refractivity contribution in [2.75, 3.05) is 19.0 Å². The van der Waals surface area contributed by atoms with Gasteiger partial charge in [0.1, 0.15) is 0 Å². The molecule has 0 bridgehead atoms. The van der Waals surface area contributed by atoms with Gasteiger partial charge in [-0.05, 0) is 13.8 Å². The van der Waals surface area contributed by atoms with Gasteiger partial charge in [0.15, 0.2) is 5.78 Å². The summed E-state index contributed by atoms with van der Waals surface area (Å²) < 4.78 is 4.54. The number of hydrogen-bond acceptors (Lipinski definition) is 3. The number of halogens is 1. The fourth-order valence-corrected chi connectivity index (χ4v) is 0.985. The summed E-state index contributed by atoms with van der Waals surface area (Å²) in [7, 11) is 1.30. The lowest BCUT2D eigenvalue weighted by atomic mass is 10.3. The first kappa shape index (κ1) is 12.4. The van der Waals surface area contributed by atoms with E-state index in [2.05, 4.69) is 20.7 Å². The Kier molecular flexibility index (Phi) is 5.70. The number of carbonyl (C=O) groups is 2. The maximum atomic E-state index is 11.1. The molecule has 5 heteroatoms. The van der Waals surface area contributed by atoms with Gasteiger partial charge < -0.3 is 4.74 Å². The number of Topliss-reactive ketones (excluding diaryl/α,β-unsaturated/α-hetero) is 1. The minimum absolute atomic E-state index is 0.0320. The van der Waals surface area contributed by atoms with E-state index in [0.717, 1.165) is 0 Å². The summed E-state index contributed by atoms with van der Waals surface area (Å²) in [5.74, 6) is -0.0425. The summed E-state index contributed by atoms with van der Waals surface area (Å²) >= 11 is 3.04. The van der Waals surface area contributed by atoms with Crippen molar-refractivity contribution >= 4 is 27.8 Å². The largest absolute Gasteiger partial charge is 0.453 e. The minimum Gasteiger partial charge on any atom is -0.453 e. The van der Waals surface area contributed by atoms with E-state index in [1.54, 1.807) is 0 Å². The van der Waals surface area contributed by atoms with Crippen LogP contribution < -0.4 is 0 Å². The zero-order valence-corrected chi connectivity index (χ0v) is 9.63. The molecule has 0 rings (SSSR count). The van der Waals surface area contributed by atoms with Crippen molar-refractivity contribution in [1.29, 1.82) is 0 Å². The number of hydrogen-bond donors (Lipinski definition) is 0. The second kappa shape index (κ2) is 5.96. The summed E-state index contributed by atoms with van der Waals surface area (Å²) in [6.45, 7) is 3.76. The van der Waals surface area contributed by atoms with Gasteiger partial charge in [0.2, 0.25) is 0 Å². The second-order valence-electron chi connectivity index (χ2n) is 2.86. The Bertz CT molecular complexity index is 194. The van der Waals surface area contributed by atoms with Crippen LogP contribution in [0.1, 0.15) is 13.8 Å². The highest BCUT2D eigenvalue weighted by Gasteiger charge is 2.19. The van der Waals surface area contributed by atoms with Crippen LogP contribution in [0.3, 0.4) is 0 Å². The Morgan fingerprint density at radius 3 is 2.31 bits per heavy atom. The fourth-order valence-electron chi connectivity index (χ4n) is 0.807. The Hall–Kier alpha value is -0.580. The van der Waals surface area contributed by atoms with E-state index in [-0.39, 0.29) is 23.7 Å². The van der Waals surface area contributed by atoms with E-state index in [1.165, 1.54) is 12.0 Å². The van der Waals surface area contributed by atoms with Gasteiger partial charge in [-0.2, -0.15) is 0 Å².